The van der Waals surface area contributed by atoms with Crippen molar-refractivity contribution >= 4 is 11.9 Å². The van der Waals surface area contributed by atoms with Gasteiger partial charge in [-0.25, -0.2) is 4.79 Å². The summed E-state index contributed by atoms with van der Waals surface area (Å²) in [6.45, 7) is 0. The fourth-order valence-electron chi connectivity index (χ4n) is 0.849. The first-order chi connectivity index (χ1) is 5.86. The first kappa shape index (κ1) is 6.78. The highest BCUT2D eigenvalue weighted by molar-refractivity contribution is 6.08. The number of rotatable bonds is 1. The Bertz CT molecular complexity index is 368. The number of azo groups is 1. The lowest BCUT2D eigenvalue weighted by Crippen LogP contribution is -1.93. The van der Waals surface area contributed by atoms with Crippen LogP contribution in [0.1, 0.15) is 5.56 Å². The van der Waals surface area contributed by atoms with Crippen molar-refractivity contribution in [2.24, 2.45) is 15.2 Å². The molecule has 0 bridgehead atoms. The molecule has 1 aliphatic heterocycles. The number of pyridine rings is 1. The summed E-state index contributed by atoms with van der Waals surface area (Å²) in [6, 6.07) is 2.88. The van der Waals surface area contributed by atoms with E-state index in [1.165, 1.54) is 0 Å². The fraction of sp³-hybridized carbons (Fsp3) is 0. The van der Waals surface area contributed by atoms with Gasteiger partial charge in [-0.05, 0) is 12.1 Å². The summed E-state index contributed by atoms with van der Waals surface area (Å²) in [7, 11) is 0. The van der Waals surface area contributed by atoms with E-state index in [0.29, 0.717) is 5.84 Å². The third-order valence-corrected chi connectivity index (χ3v) is 1.37. The standard InChI is InChI=1S/C7H4N4O/c12-7-9-6(10-11-7)5-1-3-8-4-2-5/h1-4H. The van der Waals surface area contributed by atoms with Crippen molar-refractivity contribution in [2.75, 3.05) is 0 Å². The normalized spacial score (nSPS) is 15.0. The molecule has 1 aromatic heterocycles. The summed E-state index contributed by atoms with van der Waals surface area (Å²) in [5, 5.41) is 6.84. The molecular weight excluding hydrogens is 156 g/mol. The van der Waals surface area contributed by atoms with Crippen LogP contribution in [0.25, 0.3) is 0 Å². The van der Waals surface area contributed by atoms with Crippen LogP contribution in [0, 0.1) is 0 Å². The van der Waals surface area contributed by atoms with Crippen molar-refractivity contribution in [3.05, 3.63) is 30.1 Å². The van der Waals surface area contributed by atoms with Crippen LogP contribution in [0.3, 0.4) is 0 Å². The zero-order valence-electron chi connectivity index (χ0n) is 6.01. The number of amidine groups is 1. The average molecular weight is 160 g/mol. The Morgan fingerprint density at radius 3 is 2.42 bits per heavy atom. The number of nitrogens with zero attached hydrogens (tertiary/aromatic N) is 4. The maximum atomic E-state index is 10.6. The van der Waals surface area contributed by atoms with Gasteiger partial charge in [0.25, 0.3) is 0 Å². The van der Waals surface area contributed by atoms with E-state index in [2.05, 4.69) is 20.2 Å². The van der Waals surface area contributed by atoms with E-state index in [4.69, 9.17) is 0 Å². The highest BCUT2D eigenvalue weighted by Crippen LogP contribution is 2.07. The minimum atomic E-state index is -0.554. The van der Waals surface area contributed by atoms with E-state index in [1.807, 2.05) is 0 Å². The van der Waals surface area contributed by atoms with Gasteiger partial charge in [0.15, 0.2) is 5.84 Å². The van der Waals surface area contributed by atoms with Crippen molar-refractivity contribution in [2.45, 2.75) is 0 Å². The van der Waals surface area contributed by atoms with Gasteiger partial charge in [-0.2, -0.15) is 4.99 Å². The molecule has 0 saturated carbocycles. The van der Waals surface area contributed by atoms with Gasteiger partial charge in [-0.3, -0.25) is 4.98 Å². The SMILES string of the molecule is O=C1N=NC(c2ccncc2)=N1. The molecular formula is C7H4N4O. The molecule has 0 radical (unpaired) electrons. The Kier molecular flexibility index (Phi) is 1.48. The lowest BCUT2D eigenvalue weighted by atomic mass is 10.2. The summed E-state index contributed by atoms with van der Waals surface area (Å²) >= 11 is 0. The van der Waals surface area contributed by atoms with Gasteiger partial charge in [0.2, 0.25) is 0 Å². The predicted molar refractivity (Wildman–Crippen MR) is 41.0 cm³/mol. The van der Waals surface area contributed by atoms with Crippen LogP contribution in [-0.4, -0.2) is 16.9 Å². The number of urea groups is 1. The van der Waals surface area contributed by atoms with Crippen molar-refractivity contribution in [3.8, 4) is 0 Å². The molecule has 0 atom stereocenters. The number of carbonyl (C=O) groups excluding carboxylic acids is 1. The van der Waals surface area contributed by atoms with E-state index in [0.717, 1.165) is 5.56 Å². The summed E-state index contributed by atoms with van der Waals surface area (Å²) in [5.74, 6) is 0.349. The first-order valence-electron chi connectivity index (χ1n) is 3.31. The molecule has 2 rings (SSSR count). The molecule has 0 spiro atoms. The molecule has 0 unspecified atom stereocenters. The molecule has 0 N–H and O–H groups in total. The van der Waals surface area contributed by atoms with Crippen molar-refractivity contribution in [1.29, 1.82) is 0 Å². The zero-order valence-corrected chi connectivity index (χ0v) is 6.01. The number of carbonyl (C=O) groups is 1. The third-order valence-electron chi connectivity index (χ3n) is 1.37. The van der Waals surface area contributed by atoms with E-state index >= 15 is 0 Å². The van der Waals surface area contributed by atoms with Crippen LogP contribution < -0.4 is 0 Å². The van der Waals surface area contributed by atoms with Crippen LogP contribution in [0.4, 0.5) is 4.79 Å². The van der Waals surface area contributed by atoms with Gasteiger partial charge in [-0.15, -0.1) is 5.11 Å². The minimum absolute atomic E-state index is 0.349. The zero-order chi connectivity index (χ0) is 8.39. The minimum Gasteiger partial charge on any atom is -0.265 e. The number of aliphatic imine (C=N–C) groups is 1. The second kappa shape index (κ2) is 2.61. The van der Waals surface area contributed by atoms with E-state index < -0.39 is 6.03 Å². The Labute approximate surface area is 67.9 Å². The Morgan fingerprint density at radius 2 is 1.83 bits per heavy atom. The molecule has 0 saturated heterocycles. The Morgan fingerprint density at radius 1 is 1.08 bits per heavy atom. The van der Waals surface area contributed by atoms with Crippen LogP contribution in [-0.2, 0) is 0 Å². The summed E-state index contributed by atoms with van der Waals surface area (Å²) < 4.78 is 0. The van der Waals surface area contributed by atoms with Gasteiger partial charge in [0.05, 0.1) is 0 Å². The second-order valence-corrected chi connectivity index (χ2v) is 2.15. The van der Waals surface area contributed by atoms with Gasteiger partial charge in [0.1, 0.15) is 0 Å². The molecule has 58 valence electrons. The lowest BCUT2D eigenvalue weighted by molar-refractivity contribution is 0.257. The van der Waals surface area contributed by atoms with E-state index in [-0.39, 0.29) is 0 Å². The van der Waals surface area contributed by atoms with Crippen molar-refractivity contribution < 1.29 is 4.79 Å². The molecule has 12 heavy (non-hydrogen) atoms. The number of hydrogen-bond donors (Lipinski definition) is 0. The van der Waals surface area contributed by atoms with Gasteiger partial charge in [-0.1, -0.05) is 5.11 Å². The van der Waals surface area contributed by atoms with Crippen molar-refractivity contribution in [3.63, 3.8) is 0 Å². The van der Waals surface area contributed by atoms with Gasteiger partial charge in [0, 0.05) is 18.0 Å². The molecule has 0 aliphatic carbocycles. The summed E-state index contributed by atoms with van der Waals surface area (Å²) in [5.41, 5.74) is 0.750. The quantitative estimate of drug-likeness (QED) is 0.623. The molecule has 5 heteroatoms. The monoisotopic (exact) mass is 160 g/mol. The predicted octanol–water partition coefficient (Wildman–Crippen LogP) is 1.41. The first-order valence-corrected chi connectivity index (χ1v) is 3.31. The van der Waals surface area contributed by atoms with E-state index in [9.17, 15) is 4.79 Å². The molecule has 0 fully saturated rings. The molecule has 0 aromatic carbocycles. The fourth-order valence-corrected chi connectivity index (χ4v) is 0.849. The number of hydrogen-bond acceptors (Lipinski definition) is 3. The highest BCUT2D eigenvalue weighted by Gasteiger charge is 2.10. The molecule has 2 heterocycles. The molecule has 2 amide bonds. The lowest BCUT2D eigenvalue weighted by Gasteiger charge is -1.91. The average Bonchev–Trinajstić information content (AvgIpc) is 2.54. The van der Waals surface area contributed by atoms with Crippen LogP contribution in [0.15, 0.2) is 39.7 Å². The summed E-state index contributed by atoms with van der Waals surface area (Å²) in [4.78, 5) is 18.0. The maximum Gasteiger partial charge on any atom is 0.387 e. The van der Waals surface area contributed by atoms with E-state index in [1.54, 1.807) is 24.5 Å². The van der Waals surface area contributed by atoms with Crippen LogP contribution in [0.2, 0.25) is 0 Å². The van der Waals surface area contributed by atoms with Crippen molar-refractivity contribution in [1.82, 2.24) is 4.98 Å². The van der Waals surface area contributed by atoms with Crippen LogP contribution >= 0.6 is 0 Å². The second-order valence-electron chi connectivity index (χ2n) is 2.15. The van der Waals surface area contributed by atoms with Gasteiger partial charge >= 0.3 is 6.03 Å². The highest BCUT2D eigenvalue weighted by atomic mass is 16.2. The topological polar surface area (TPSA) is 67.0 Å². The smallest absolute Gasteiger partial charge is 0.265 e. The Hall–Kier alpha value is -1.91. The molecule has 5 nitrogen and oxygen atoms in total. The van der Waals surface area contributed by atoms with Crippen LogP contribution in [0.5, 0.6) is 0 Å². The Balaban J connectivity index is 2.40. The largest absolute Gasteiger partial charge is 0.387 e. The maximum absolute atomic E-state index is 10.6. The molecule has 1 aliphatic rings. The number of amides is 2. The summed E-state index contributed by atoms with van der Waals surface area (Å²) in [6.07, 6.45) is 3.21. The number of aromatic nitrogens is 1. The third kappa shape index (κ3) is 1.12. The molecule has 1 aromatic rings. The van der Waals surface area contributed by atoms with Gasteiger partial charge < -0.3 is 0 Å².